The van der Waals surface area contributed by atoms with Crippen LogP contribution in [0.5, 0.6) is 0 Å². The second kappa shape index (κ2) is 8.81. The summed E-state index contributed by atoms with van der Waals surface area (Å²) >= 11 is 3.45. The molecule has 0 unspecified atom stereocenters. The molecule has 0 fully saturated rings. The third kappa shape index (κ3) is 4.29. The van der Waals surface area contributed by atoms with Crippen molar-refractivity contribution in [3.05, 3.63) is 75.5 Å². The average molecular weight is 438 g/mol. The highest BCUT2D eigenvalue weighted by Gasteiger charge is 2.23. The predicted molar refractivity (Wildman–Crippen MR) is 110 cm³/mol. The normalized spacial score (nSPS) is 10.5. The number of carbonyl (C=O) groups is 1. The van der Waals surface area contributed by atoms with Crippen LogP contribution >= 0.6 is 15.9 Å². The number of nitriles is 1. The molecule has 0 aliphatic rings. The fourth-order valence-corrected chi connectivity index (χ4v) is 3.34. The Morgan fingerprint density at radius 2 is 2.00 bits per heavy atom. The van der Waals surface area contributed by atoms with E-state index >= 15 is 0 Å². The Balaban J connectivity index is 1.86. The van der Waals surface area contributed by atoms with Gasteiger partial charge in [-0.15, -0.1) is 5.10 Å². The van der Waals surface area contributed by atoms with Crippen molar-refractivity contribution in [2.75, 3.05) is 6.54 Å². The fourth-order valence-electron chi connectivity index (χ4n) is 2.96. The molecule has 0 aliphatic carbocycles. The maximum Gasteiger partial charge on any atom is 0.276 e. The first-order valence-corrected chi connectivity index (χ1v) is 9.79. The van der Waals surface area contributed by atoms with Gasteiger partial charge in [-0.05, 0) is 49.2 Å². The van der Waals surface area contributed by atoms with Crippen LogP contribution < -0.4 is 0 Å². The van der Waals surface area contributed by atoms with Gasteiger partial charge < -0.3 is 4.90 Å². The number of amides is 1. The highest BCUT2D eigenvalue weighted by atomic mass is 79.9. The second-order valence-corrected chi connectivity index (χ2v) is 7.37. The van der Waals surface area contributed by atoms with E-state index in [1.165, 1.54) is 0 Å². The molecular weight excluding hydrogens is 418 g/mol. The number of aromatic nitrogens is 3. The minimum Gasteiger partial charge on any atom is -0.333 e. The molecule has 0 atom stereocenters. The standard InChI is InChI=1S/C21H20BrN5O/c1-3-11-26(14-17-9-7-16(13-23)8-10-17)21(28)20-15(2)27(25-24-20)19-6-4-5-18(22)12-19/h4-10,12H,3,11,14H2,1-2H3. The highest BCUT2D eigenvalue weighted by Crippen LogP contribution is 2.19. The van der Waals surface area contributed by atoms with Gasteiger partial charge in [0.05, 0.1) is 23.0 Å². The molecule has 3 aromatic rings. The Morgan fingerprint density at radius 1 is 1.25 bits per heavy atom. The van der Waals surface area contributed by atoms with Crippen molar-refractivity contribution in [3.8, 4) is 11.8 Å². The van der Waals surface area contributed by atoms with Crippen molar-refractivity contribution >= 4 is 21.8 Å². The number of carbonyl (C=O) groups excluding carboxylic acids is 1. The fraction of sp³-hybridized carbons (Fsp3) is 0.238. The lowest BCUT2D eigenvalue weighted by Gasteiger charge is -2.21. The molecule has 7 heteroatoms. The van der Waals surface area contributed by atoms with E-state index in [9.17, 15) is 4.79 Å². The summed E-state index contributed by atoms with van der Waals surface area (Å²) in [6, 6.07) is 17.1. The lowest BCUT2D eigenvalue weighted by molar-refractivity contribution is 0.0736. The number of rotatable bonds is 6. The topological polar surface area (TPSA) is 74.8 Å². The van der Waals surface area contributed by atoms with Crippen LogP contribution in [0, 0.1) is 18.3 Å². The SMILES string of the molecule is CCCN(Cc1ccc(C#N)cc1)C(=O)c1nnn(-c2cccc(Br)c2)c1C. The minimum absolute atomic E-state index is 0.148. The van der Waals surface area contributed by atoms with E-state index in [4.69, 9.17) is 5.26 Å². The molecule has 1 amide bonds. The van der Waals surface area contributed by atoms with Crippen LogP contribution in [-0.2, 0) is 6.54 Å². The molecule has 0 saturated carbocycles. The summed E-state index contributed by atoms with van der Waals surface area (Å²) in [4.78, 5) is 14.9. The summed E-state index contributed by atoms with van der Waals surface area (Å²) in [5.41, 5.74) is 3.46. The Labute approximate surface area is 172 Å². The van der Waals surface area contributed by atoms with Gasteiger partial charge in [-0.2, -0.15) is 5.26 Å². The maximum atomic E-state index is 13.1. The number of nitrogens with zero attached hydrogens (tertiary/aromatic N) is 5. The monoisotopic (exact) mass is 437 g/mol. The number of halogens is 1. The molecule has 6 nitrogen and oxygen atoms in total. The first-order chi connectivity index (χ1) is 13.5. The van der Waals surface area contributed by atoms with Gasteiger partial charge in [0.25, 0.3) is 5.91 Å². The van der Waals surface area contributed by atoms with Gasteiger partial charge in [0, 0.05) is 17.6 Å². The number of hydrogen-bond acceptors (Lipinski definition) is 4. The van der Waals surface area contributed by atoms with Crippen molar-refractivity contribution < 1.29 is 4.79 Å². The van der Waals surface area contributed by atoms with Crippen LogP contribution in [0.2, 0.25) is 0 Å². The van der Waals surface area contributed by atoms with Crippen LogP contribution in [0.1, 0.15) is 40.7 Å². The zero-order valence-electron chi connectivity index (χ0n) is 15.8. The van der Waals surface area contributed by atoms with Gasteiger partial charge >= 0.3 is 0 Å². The van der Waals surface area contributed by atoms with E-state index in [-0.39, 0.29) is 5.91 Å². The van der Waals surface area contributed by atoms with Crippen molar-refractivity contribution in [1.82, 2.24) is 19.9 Å². The van der Waals surface area contributed by atoms with E-state index in [1.807, 2.05) is 50.2 Å². The molecule has 0 radical (unpaired) electrons. The largest absolute Gasteiger partial charge is 0.333 e. The average Bonchev–Trinajstić information content (AvgIpc) is 3.09. The van der Waals surface area contributed by atoms with Gasteiger partial charge in [0.15, 0.2) is 5.69 Å². The molecule has 0 spiro atoms. The van der Waals surface area contributed by atoms with Crippen LogP contribution in [0.15, 0.2) is 53.0 Å². The first-order valence-electron chi connectivity index (χ1n) is 9.00. The van der Waals surface area contributed by atoms with Crippen LogP contribution in [-0.4, -0.2) is 32.3 Å². The molecule has 1 aromatic heterocycles. The molecule has 0 bridgehead atoms. The Bertz CT molecular complexity index is 1020. The van der Waals surface area contributed by atoms with Gasteiger partial charge in [-0.3, -0.25) is 4.79 Å². The maximum absolute atomic E-state index is 13.1. The van der Waals surface area contributed by atoms with Crippen LogP contribution in [0.25, 0.3) is 5.69 Å². The molecule has 28 heavy (non-hydrogen) atoms. The number of hydrogen-bond donors (Lipinski definition) is 0. The summed E-state index contributed by atoms with van der Waals surface area (Å²) in [5.74, 6) is -0.148. The van der Waals surface area contributed by atoms with E-state index < -0.39 is 0 Å². The molecule has 0 N–H and O–H groups in total. The number of benzene rings is 2. The van der Waals surface area contributed by atoms with Crippen LogP contribution in [0.3, 0.4) is 0 Å². The highest BCUT2D eigenvalue weighted by molar-refractivity contribution is 9.10. The molecule has 0 saturated heterocycles. The zero-order chi connectivity index (χ0) is 20.1. The third-order valence-corrected chi connectivity index (χ3v) is 4.88. The molecule has 1 heterocycles. The zero-order valence-corrected chi connectivity index (χ0v) is 17.3. The first kappa shape index (κ1) is 19.8. The smallest absolute Gasteiger partial charge is 0.276 e. The van der Waals surface area contributed by atoms with Crippen molar-refractivity contribution in [3.63, 3.8) is 0 Å². The van der Waals surface area contributed by atoms with Gasteiger partial charge in [-0.1, -0.05) is 46.3 Å². The lowest BCUT2D eigenvalue weighted by atomic mass is 10.1. The van der Waals surface area contributed by atoms with Crippen molar-refractivity contribution in [2.45, 2.75) is 26.8 Å². The molecule has 142 valence electrons. The van der Waals surface area contributed by atoms with Crippen LogP contribution in [0.4, 0.5) is 0 Å². The van der Waals surface area contributed by atoms with E-state index in [2.05, 4.69) is 32.3 Å². The Hall–Kier alpha value is -2.98. The summed E-state index contributed by atoms with van der Waals surface area (Å²) in [7, 11) is 0. The Morgan fingerprint density at radius 3 is 2.64 bits per heavy atom. The van der Waals surface area contributed by atoms with Gasteiger partial charge in [-0.25, -0.2) is 4.68 Å². The summed E-state index contributed by atoms with van der Waals surface area (Å²) < 4.78 is 2.60. The van der Waals surface area contributed by atoms with E-state index in [1.54, 1.807) is 21.7 Å². The van der Waals surface area contributed by atoms with E-state index in [0.29, 0.717) is 30.0 Å². The predicted octanol–water partition coefficient (Wildman–Crippen LogP) is 4.26. The van der Waals surface area contributed by atoms with Gasteiger partial charge in [0.1, 0.15) is 0 Å². The summed E-state index contributed by atoms with van der Waals surface area (Å²) in [6.07, 6.45) is 0.834. The Kier molecular flexibility index (Phi) is 6.22. The summed E-state index contributed by atoms with van der Waals surface area (Å²) in [5, 5.41) is 17.3. The molecule has 2 aromatic carbocycles. The molecular formula is C21H20BrN5O. The minimum atomic E-state index is -0.148. The van der Waals surface area contributed by atoms with Crippen molar-refractivity contribution in [2.24, 2.45) is 0 Å². The van der Waals surface area contributed by atoms with Gasteiger partial charge in [0.2, 0.25) is 0 Å². The molecule has 3 rings (SSSR count). The summed E-state index contributed by atoms with van der Waals surface area (Å²) in [6.45, 7) is 4.95. The third-order valence-electron chi connectivity index (χ3n) is 4.39. The quantitative estimate of drug-likeness (QED) is 0.577. The lowest BCUT2D eigenvalue weighted by Crippen LogP contribution is -2.32. The second-order valence-electron chi connectivity index (χ2n) is 6.45. The molecule has 0 aliphatic heterocycles. The van der Waals surface area contributed by atoms with E-state index in [0.717, 1.165) is 22.1 Å². The van der Waals surface area contributed by atoms with Crippen molar-refractivity contribution in [1.29, 1.82) is 5.26 Å².